The molecular weight excluding hydrogens is 277 g/mol. The van der Waals surface area contributed by atoms with Gasteiger partial charge in [0.2, 0.25) is 0 Å². The van der Waals surface area contributed by atoms with Gasteiger partial charge in [-0.2, -0.15) is 0 Å². The highest BCUT2D eigenvalue weighted by atomic mass is 35.5. The van der Waals surface area contributed by atoms with Crippen molar-refractivity contribution in [1.82, 2.24) is 0 Å². The van der Waals surface area contributed by atoms with E-state index in [1.807, 2.05) is 12.1 Å². The lowest BCUT2D eigenvalue weighted by atomic mass is 10.0. The first-order valence-corrected chi connectivity index (χ1v) is 7.01. The molecule has 0 bridgehead atoms. The largest absolute Gasteiger partial charge is 0.377 e. The van der Waals surface area contributed by atoms with Crippen LogP contribution in [0.5, 0.6) is 0 Å². The third kappa shape index (κ3) is 3.43. The molecular formula is C16H17Cl2N. The second-order valence-corrected chi connectivity index (χ2v) is 5.68. The Morgan fingerprint density at radius 3 is 2.32 bits per heavy atom. The van der Waals surface area contributed by atoms with Gasteiger partial charge in [-0.25, -0.2) is 0 Å². The zero-order chi connectivity index (χ0) is 14.0. The fourth-order valence-corrected chi connectivity index (χ4v) is 2.42. The summed E-state index contributed by atoms with van der Waals surface area (Å²) in [5.74, 6) is 0. The van der Waals surface area contributed by atoms with Gasteiger partial charge in [-0.15, -0.1) is 0 Å². The van der Waals surface area contributed by atoms with Crippen LogP contribution in [0.2, 0.25) is 10.0 Å². The van der Waals surface area contributed by atoms with Crippen LogP contribution in [-0.4, -0.2) is 0 Å². The molecule has 0 saturated heterocycles. The van der Waals surface area contributed by atoms with Crippen LogP contribution in [0.3, 0.4) is 0 Å². The average molecular weight is 294 g/mol. The van der Waals surface area contributed by atoms with Gasteiger partial charge in [0.05, 0.1) is 10.7 Å². The van der Waals surface area contributed by atoms with Gasteiger partial charge in [0.1, 0.15) is 0 Å². The molecule has 1 unspecified atom stereocenters. The van der Waals surface area contributed by atoms with Gasteiger partial charge in [0.25, 0.3) is 0 Å². The topological polar surface area (TPSA) is 12.0 Å². The molecule has 0 fully saturated rings. The van der Waals surface area contributed by atoms with Crippen molar-refractivity contribution in [2.45, 2.75) is 26.8 Å². The smallest absolute Gasteiger partial charge is 0.0652 e. The Morgan fingerprint density at radius 2 is 1.68 bits per heavy atom. The molecule has 0 radical (unpaired) electrons. The summed E-state index contributed by atoms with van der Waals surface area (Å²) in [5.41, 5.74) is 4.75. The SMILES string of the molecule is Cc1ccc(C(C)Nc2ccc(Cl)cc2Cl)cc1C. The van der Waals surface area contributed by atoms with Crippen molar-refractivity contribution < 1.29 is 0 Å². The minimum absolute atomic E-state index is 0.193. The molecule has 0 aliphatic carbocycles. The Morgan fingerprint density at radius 1 is 0.947 bits per heavy atom. The standard InChI is InChI=1S/C16H17Cl2N/c1-10-4-5-13(8-11(10)2)12(3)19-16-7-6-14(17)9-15(16)18/h4-9,12,19H,1-3H3. The summed E-state index contributed by atoms with van der Waals surface area (Å²) in [7, 11) is 0. The minimum atomic E-state index is 0.193. The number of hydrogen-bond donors (Lipinski definition) is 1. The van der Waals surface area contributed by atoms with Crippen LogP contribution in [0.4, 0.5) is 5.69 Å². The van der Waals surface area contributed by atoms with E-state index in [1.54, 1.807) is 6.07 Å². The molecule has 0 amide bonds. The van der Waals surface area contributed by atoms with E-state index in [1.165, 1.54) is 16.7 Å². The average Bonchev–Trinajstić information content (AvgIpc) is 2.36. The van der Waals surface area contributed by atoms with Gasteiger partial charge < -0.3 is 5.32 Å². The number of halogens is 2. The van der Waals surface area contributed by atoms with Gasteiger partial charge >= 0.3 is 0 Å². The maximum absolute atomic E-state index is 6.17. The van der Waals surface area contributed by atoms with E-state index in [-0.39, 0.29) is 6.04 Å². The summed E-state index contributed by atoms with van der Waals surface area (Å²) in [4.78, 5) is 0. The molecule has 2 rings (SSSR count). The van der Waals surface area contributed by atoms with E-state index in [9.17, 15) is 0 Å². The quantitative estimate of drug-likeness (QED) is 0.756. The highest BCUT2D eigenvalue weighted by molar-refractivity contribution is 6.36. The van der Waals surface area contributed by atoms with E-state index in [0.29, 0.717) is 10.0 Å². The summed E-state index contributed by atoms with van der Waals surface area (Å²) in [5, 5.41) is 4.70. The van der Waals surface area contributed by atoms with Gasteiger partial charge in [-0.3, -0.25) is 0 Å². The Balaban J connectivity index is 2.20. The van der Waals surface area contributed by atoms with E-state index < -0.39 is 0 Å². The number of nitrogens with one attached hydrogen (secondary N) is 1. The summed E-state index contributed by atoms with van der Waals surface area (Å²) >= 11 is 12.1. The maximum atomic E-state index is 6.17. The van der Waals surface area contributed by atoms with Crippen LogP contribution < -0.4 is 5.32 Å². The molecule has 0 saturated carbocycles. The molecule has 2 aromatic rings. The van der Waals surface area contributed by atoms with Crippen LogP contribution in [-0.2, 0) is 0 Å². The molecule has 0 spiro atoms. The molecule has 0 aliphatic rings. The van der Waals surface area contributed by atoms with E-state index >= 15 is 0 Å². The van der Waals surface area contributed by atoms with Crippen molar-refractivity contribution in [3.8, 4) is 0 Å². The molecule has 0 aromatic heterocycles. The Labute approximate surface area is 124 Å². The Kier molecular flexibility index (Phi) is 4.38. The van der Waals surface area contributed by atoms with Crippen molar-refractivity contribution in [1.29, 1.82) is 0 Å². The lowest BCUT2D eigenvalue weighted by molar-refractivity contribution is 0.882. The predicted octanol–water partition coefficient (Wildman–Crippen LogP) is 5.78. The summed E-state index contributed by atoms with van der Waals surface area (Å²) in [6, 6.07) is 12.2. The first kappa shape index (κ1) is 14.2. The molecule has 0 heterocycles. The maximum Gasteiger partial charge on any atom is 0.0652 e. The monoisotopic (exact) mass is 293 g/mol. The molecule has 1 nitrogen and oxygen atoms in total. The van der Waals surface area contributed by atoms with Gasteiger partial charge in [0.15, 0.2) is 0 Å². The zero-order valence-corrected chi connectivity index (χ0v) is 12.8. The number of aryl methyl sites for hydroxylation is 2. The lowest BCUT2D eigenvalue weighted by Crippen LogP contribution is -2.07. The molecule has 19 heavy (non-hydrogen) atoms. The molecule has 100 valence electrons. The van der Waals surface area contributed by atoms with Crippen LogP contribution in [0, 0.1) is 13.8 Å². The third-order valence-corrected chi connectivity index (χ3v) is 3.88. The highest BCUT2D eigenvalue weighted by Gasteiger charge is 2.08. The fourth-order valence-electron chi connectivity index (χ4n) is 1.96. The van der Waals surface area contributed by atoms with Crippen LogP contribution in [0.1, 0.15) is 29.7 Å². The number of benzene rings is 2. The Bertz CT molecular complexity index is 593. The van der Waals surface area contributed by atoms with Crippen molar-refractivity contribution in [3.05, 3.63) is 63.1 Å². The first-order chi connectivity index (χ1) is 8.97. The molecule has 0 aliphatic heterocycles. The van der Waals surface area contributed by atoms with E-state index in [4.69, 9.17) is 23.2 Å². The van der Waals surface area contributed by atoms with Crippen molar-refractivity contribution in [2.75, 3.05) is 5.32 Å². The number of hydrogen-bond acceptors (Lipinski definition) is 1. The second kappa shape index (κ2) is 5.85. The van der Waals surface area contributed by atoms with E-state index in [2.05, 4.69) is 44.3 Å². The number of rotatable bonds is 3. The predicted molar refractivity (Wildman–Crippen MR) is 84.4 cm³/mol. The fraction of sp³-hybridized carbons (Fsp3) is 0.250. The van der Waals surface area contributed by atoms with Gasteiger partial charge in [0, 0.05) is 11.1 Å². The molecule has 2 aromatic carbocycles. The van der Waals surface area contributed by atoms with Gasteiger partial charge in [-0.05, 0) is 55.7 Å². The second-order valence-electron chi connectivity index (χ2n) is 4.83. The van der Waals surface area contributed by atoms with Crippen LogP contribution >= 0.6 is 23.2 Å². The highest BCUT2D eigenvalue weighted by Crippen LogP contribution is 2.29. The Hall–Kier alpha value is -1.18. The summed E-state index contributed by atoms with van der Waals surface area (Å²) in [6.07, 6.45) is 0. The summed E-state index contributed by atoms with van der Waals surface area (Å²) < 4.78 is 0. The number of anilines is 1. The molecule has 1 N–H and O–H groups in total. The summed E-state index contributed by atoms with van der Waals surface area (Å²) in [6.45, 7) is 6.36. The normalized spacial score (nSPS) is 12.3. The van der Waals surface area contributed by atoms with Crippen LogP contribution in [0.15, 0.2) is 36.4 Å². The third-order valence-electron chi connectivity index (χ3n) is 3.33. The van der Waals surface area contributed by atoms with Crippen molar-refractivity contribution in [2.24, 2.45) is 0 Å². The lowest BCUT2D eigenvalue weighted by Gasteiger charge is -2.18. The van der Waals surface area contributed by atoms with Crippen LogP contribution in [0.25, 0.3) is 0 Å². The molecule has 3 heteroatoms. The van der Waals surface area contributed by atoms with Crippen molar-refractivity contribution >= 4 is 28.9 Å². The zero-order valence-electron chi connectivity index (χ0n) is 11.3. The van der Waals surface area contributed by atoms with Crippen molar-refractivity contribution in [3.63, 3.8) is 0 Å². The first-order valence-electron chi connectivity index (χ1n) is 6.26. The molecule has 1 atom stereocenters. The minimum Gasteiger partial charge on any atom is -0.377 e. The van der Waals surface area contributed by atoms with E-state index in [0.717, 1.165) is 5.69 Å². The van der Waals surface area contributed by atoms with Gasteiger partial charge in [-0.1, -0.05) is 41.4 Å².